The number of piperidine rings is 1. The fourth-order valence-corrected chi connectivity index (χ4v) is 4.57. The molecule has 1 saturated heterocycles. The van der Waals surface area contributed by atoms with E-state index in [1.165, 1.54) is 48.1 Å². The van der Waals surface area contributed by atoms with Gasteiger partial charge in [0.25, 0.3) is 0 Å². The lowest BCUT2D eigenvalue weighted by atomic mass is 9.73. The zero-order valence-corrected chi connectivity index (χ0v) is 15.0. The molecule has 3 heteroatoms. The van der Waals surface area contributed by atoms with Gasteiger partial charge in [0.2, 0.25) is 0 Å². The number of nitrogens with zero attached hydrogens (tertiary/aromatic N) is 1. The first kappa shape index (κ1) is 15.4. The summed E-state index contributed by atoms with van der Waals surface area (Å²) in [4.78, 5) is 2.68. The van der Waals surface area contributed by atoms with Crippen LogP contribution in [0.2, 0.25) is 0 Å². The fourth-order valence-electron chi connectivity index (χ4n) is 4.10. The highest BCUT2D eigenvalue weighted by molar-refractivity contribution is 9.10. The molecule has 21 heavy (non-hydrogen) atoms. The summed E-state index contributed by atoms with van der Waals surface area (Å²) in [6.45, 7) is 9.40. The molecule has 2 bridgehead atoms. The lowest BCUT2D eigenvalue weighted by Crippen LogP contribution is -2.56. The van der Waals surface area contributed by atoms with Gasteiger partial charge in [-0.1, -0.05) is 22.4 Å². The Balaban J connectivity index is 1.76. The van der Waals surface area contributed by atoms with Crippen LogP contribution >= 0.6 is 15.9 Å². The normalized spacial score (nSPS) is 29.7. The molecule has 2 nitrogen and oxygen atoms in total. The highest BCUT2D eigenvalue weighted by Crippen LogP contribution is 2.38. The van der Waals surface area contributed by atoms with Crippen molar-refractivity contribution in [2.75, 3.05) is 18.4 Å². The molecule has 0 spiro atoms. The Bertz CT molecular complexity index is 486. The van der Waals surface area contributed by atoms with Gasteiger partial charge in [-0.2, -0.15) is 0 Å². The zero-order chi connectivity index (χ0) is 15.0. The number of likely N-dealkylation sites (tertiary alicyclic amines) is 1. The Morgan fingerprint density at radius 3 is 2.43 bits per heavy atom. The van der Waals surface area contributed by atoms with Crippen LogP contribution in [0.4, 0.5) is 5.69 Å². The molecule has 2 aliphatic rings. The third kappa shape index (κ3) is 3.29. The van der Waals surface area contributed by atoms with Gasteiger partial charge < -0.3 is 10.2 Å². The predicted octanol–water partition coefficient (Wildman–Crippen LogP) is 4.68. The van der Waals surface area contributed by atoms with Gasteiger partial charge in [-0.15, -0.1) is 0 Å². The van der Waals surface area contributed by atoms with Gasteiger partial charge >= 0.3 is 0 Å². The average molecular weight is 351 g/mol. The molecule has 2 atom stereocenters. The third-order valence-corrected chi connectivity index (χ3v) is 5.84. The van der Waals surface area contributed by atoms with Crippen molar-refractivity contribution in [2.24, 2.45) is 11.8 Å². The molecule has 3 rings (SSSR count). The molecule has 116 valence electrons. The number of hydrogen-bond donors (Lipinski definition) is 1. The van der Waals surface area contributed by atoms with Crippen LogP contribution < -0.4 is 5.32 Å². The molecule has 1 saturated carbocycles. The number of halogens is 1. The summed E-state index contributed by atoms with van der Waals surface area (Å²) in [5.74, 6) is 1.62. The molecule has 0 radical (unpaired) electrons. The van der Waals surface area contributed by atoms with E-state index in [9.17, 15) is 0 Å². The summed E-state index contributed by atoms with van der Waals surface area (Å²) in [6.07, 6.45) is 4.18. The summed E-state index contributed by atoms with van der Waals surface area (Å²) in [5.41, 5.74) is 2.66. The number of nitrogens with one attached hydrogen (secondary N) is 1. The zero-order valence-electron chi connectivity index (χ0n) is 13.4. The molecule has 1 aromatic rings. The van der Waals surface area contributed by atoms with Crippen molar-refractivity contribution in [3.8, 4) is 0 Å². The van der Waals surface area contributed by atoms with E-state index in [1.807, 2.05) is 0 Å². The Labute approximate surface area is 137 Å². The molecule has 0 aromatic heterocycles. The Hall–Kier alpha value is -0.540. The van der Waals surface area contributed by atoms with Crippen molar-refractivity contribution in [2.45, 2.75) is 52.1 Å². The Kier molecular flexibility index (Phi) is 4.60. The maximum absolute atomic E-state index is 3.89. The highest BCUT2D eigenvalue weighted by atomic mass is 79.9. The largest absolute Gasteiger partial charge is 0.381 e. The van der Waals surface area contributed by atoms with Crippen molar-refractivity contribution in [3.05, 3.63) is 28.2 Å². The summed E-state index contributed by atoms with van der Waals surface area (Å²) in [6, 6.07) is 7.93. The van der Waals surface area contributed by atoms with Gasteiger partial charge in [0, 0.05) is 35.3 Å². The van der Waals surface area contributed by atoms with Crippen LogP contribution in [0.25, 0.3) is 0 Å². The third-order valence-electron chi connectivity index (χ3n) is 5.34. The van der Waals surface area contributed by atoms with Crippen LogP contribution in [-0.2, 0) is 0 Å². The molecule has 1 N–H and O–H groups in total. The Morgan fingerprint density at radius 2 is 1.86 bits per heavy atom. The summed E-state index contributed by atoms with van der Waals surface area (Å²) < 4.78 is 1.17. The van der Waals surface area contributed by atoms with Crippen LogP contribution in [-0.4, -0.2) is 30.1 Å². The van der Waals surface area contributed by atoms with E-state index in [2.05, 4.69) is 65.1 Å². The maximum atomic E-state index is 3.89. The highest BCUT2D eigenvalue weighted by Gasteiger charge is 2.40. The number of anilines is 1. The van der Waals surface area contributed by atoms with E-state index >= 15 is 0 Å². The SMILES string of the molecule is Cc1cc(Br)ccc1NC1C2CCCC1CN(C(C)C)C2. The van der Waals surface area contributed by atoms with Gasteiger partial charge in [-0.25, -0.2) is 0 Å². The summed E-state index contributed by atoms with van der Waals surface area (Å²) in [7, 11) is 0. The number of rotatable bonds is 3. The van der Waals surface area contributed by atoms with E-state index in [4.69, 9.17) is 0 Å². The van der Waals surface area contributed by atoms with E-state index < -0.39 is 0 Å². The molecule has 1 aliphatic heterocycles. The average Bonchev–Trinajstić information content (AvgIpc) is 2.41. The number of fused-ring (bicyclic) bond motifs is 2. The second-order valence-corrected chi connectivity index (χ2v) is 8.04. The van der Waals surface area contributed by atoms with E-state index in [1.54, 1.807) is 0 Å². The van der Waals surface area contributed by atoms with Gasteiger partial charge in [-0.3, -0.25) is 0 Å². The van der Waals surface area contributed by atoms with E-state index in [0.717, 1.165) is 11.8 Å². The van der Waals surface area contributed by atoms with E-state index in [0.29, 0.717) is 12.1 Å². The lowest BCUT2D eigenvalue weighted by molar-refractivity contribution is 0.0518. The van der Waals surface area contributed by atoms with Crippen molar-refractivity contribution in [3.63, 3.8) is 0 Å². The molecule has 1 heterocycles. The minimum atomic E-state index is 0.661. The van der Waals surface area contributed by atoms with Gasteiger partial charge in [0.05, 0.1) is 0 Å². The molecular weight excluding hydrogens is 324 g/mol. The number of hydrogen-bond acceptors (Lipinski definition) is 2. The van der Waals surface area contributed by atoms with Gasteiger partial charge in [0.1, 0.15) is 0 Å². The molecule has 1 aromatic carbocycles. The molecule has 0 amide bonds. The van der Waals surface area contributed by atoms with Crippen molar-refractivity contribution in [1.82, 2.24) is 4.90 Å². The first-order chi connectivity index (χ1) is 10.0. The first-order valence-electron chi connectivity index (χ1n) is 8.31. The minimum Gasteiger partial charge on any atom is -0.381 e. The molecule has 2 fully saturated rings. The van der Waals surface area contributed by atoms with Crippen LogP contribution in [0.15, 0.2) is 22.7 Å². The van der Waals surface area contributed by atoms with Crippen molar-refractivity contribution in [1.29, 1.82) is 0 Å². The number of aryl methyl sites for hydroxylation is 1. The van der Waals surface area contributed by atoms with Crippen LogP contribution in [0, 0.1) is 18.8 Å². The monoisotopic (exact) mass is 350 g/mol. The topological polar surface area (TPSA) is 15.3 Å². The summed E-state index contributed by atoms with van der Waals surface area (Å²) in [5, 5.41) is 3.89. The maximum Gasteiger partial charge on any atom is 0.0373 e. The molecular formula is C18H27BrN2. The molecule has 2 unspecified atom stereocenters. The van der Waals surface area contributed by atoms with Crippen LogP contribution in [0.1, 0.15) is 38.7 Å². The second-order valence-electron chi connectivity index (χ2n) is 7.13. The van der Waals surface area contributed by atoms with Gasteiger partial charge in [-0.05, 0) is 69.2 Å². The predicted molar refractivity (Wildman–Crippen MR) is 93.8 cm³/mol. The van der Waals surface area contributed by atoms with Crippen molar-refractivity contribution < 1.29 is 0 Å². The minimum absolute atomic E-state index is 0.661. The summed E-state index contributed by atoms with van der Waals surface area (Å²) >= 11 is 3.56. The van der Waals surface area contributed by atoms with Crippen LogP contribution in [0.5, 0.6) is 0 Å². The molecule has 1 aliphatic carbocycles. The van der Waals surface area contributed by atoms with Crippen molar-refractivity contribution >= 4 is 21.6 Å². The van der Waals surface area contributed by atoms with Crippen LogP contribution in [0.3, 0.4) is 0 Å². The van der Waals surface area contributed by atoms with Gasteiger partial charge in [0.15, 0.2) is 0 Å². The first-order valence-corrected chi connectivity index (χ1v) is 9.10. The smallest absolute Gasteiger partial charge is 0.0373 e. The van der Waals surface area contributed by atoms with E-state index in [-0.39, 0.29) is 0 Å². The quantitative estimate of drug-likeness (QED) is 0.851. The standard InChI is InChI=1S/C18H27BrN2/c1-12(2)21-10-14-5-4-6-15(11-21)18(14)20-17-8-7-16(19)9-13(17)3/h7-9,12,14-15,18,20H,4-6,10-11H2,1-3H3. The lowest BCUT2D eigenvalue weighted by Gasteiger charge is -2.49. The number of benzene rings is 1. The Morgan fingerprint density at radius 1 is 1.19 bits per heavy atom. The second kappa shape index (κ2) is 6.29. The fraction of sp³-hybridized carbons (Fsp3) is 0.667.